The number of aliphatic imine (C=N–C) groups is 1. The fraction of sp³-hybridized carbons (Fsp3) is 0.800. The normalized spacial score (nSPS) is 19.4. The lowest BCUT2D eigenvalue weighted by Gasteiger charge is -2.44. The molecule has 0 unspecified atom stereocenters. The number of hydrogen-bond acceptors (Lipinski definition) is 5. The molecule has 3 rings (SSSR count). The summed E-state index contributed by atoms with van der Waals surface area (Å²) in [5.74, 6) is 0.628. The van der Waals surface area contributed by atoms with E-state index in [0.29, 0.717) is 12.0 Å². The number of hydrogen-bond donors (Lipinski definition) is 1. The third-order valence-corrected chi connectivity index (χ3v) is 5.96. The fourth-order valence-electron chi connectivity index (χ4n) is 4.54. The number of likely N-dealkylation sites (tertiary alicyclic amines) is 1. The van der Waals surface area contributed by atoms with Crippen molar-refractivity contribution in [3.63, 3.8) is 0 Å². The topological polar surface area (TPSA) is 84.6 Å². The molecule has 0 bridgehead atoms. The third kappa shape index (κ3) is 6.82. The second kappa shape index (κ2) is 11.7. The average Bonchev–Trinajstić information content (AvgIpc) is 3.03. The molecule has 2 heterocycles. The Morgan fingerprint density at radius 1 is 1.24 bits per heavy atom. The molecule has 0 radical (unpaired) electrons. The number of carbonyl (C=O) groups is 1. The number of rotatable bonds is 5. The van der Waals surface area contributed by atoms with E-state index < -0.39 is 0 Å². The molecule has 2 aliphatic rings. The van der Waals surface area contributed by atoms with Crippen molar-refractivity contribution < 1.29 is 9.53 Å². The second-order valence-electron chi connectivity index (χ2n) is 8.09. The molecular formula is C20H35IN6O2. The fourth-order valence-corrected chi connectivity index (χ4v) is 4.54. The number of methoxy groups -OCH3 is 1. The first-order valence-corrected chi connectivity index (χ1v) is 10.6. The quantitative estimate of drug-likeness (QED) is 0.279. The molecule has 29 heavy (non-hydrogen) atoms. The largest absolute Gasteiger partial charge is 0.468 e. The monoisotopic (exact) mass is 518 g/mol. The van der Waals surface area contributed by atoms with E-state index in [-0.39, 0.29) is 36.5 Å². The third-order valence-electron chi connectivity index (χ3n) is 5.96. The number of esters is 1. The van der Waals surface area contributed by atoms with Gasteiger partial charge in [0.2, 0.25) is 0 Å². The summed E-state index contributed by atoms with van der Waals surface area (Å²) in [5, 5.41) is 11.6. The lowest BCUT2D eigenvalue weighted by atomic mass is 9.74. The molecule has 164 valence electrons. The Kier molecular flexibility index (Phi) is 9.64. The Balaban J connectivity index is 0.00000300. The van der Waals surface area contributed by atoms with E-state index >= 15 is 0 Å². The predicted octanol–water partition coefficient (Wildman–Crippen LogP) is 2.97. The highest BCUT2D eigenvalue weighted by molar-refractivity contribution is 14.0. The standard InChI is InChI=1S/C20H34N6O2.HI/c1-3-21-19(22-13-17-14-26(24-23-17)15-18(27)28-2)25-12-8-11-20(16-25)9-6-4-5-7-10-20;/h14H,3-13,15-16H2,1-2H3,(H,21,22);1H. The van der Waals surface area contributed by atoms with Crippen LogP contribution in [0.5, 0.6) is 0 Å². The highest BCUT2D eigenvalue weighted by atomic mass is 127. The van der Waals surface area contributed by atoms with Gasteiger partial charge in [0.25, 0.3) is 0 Å². The van der Waals surface area contributed by atoms with Crippen molar-refractivity contribution in [2.75, 3.05) is 26.7 Å². The predicted molar refractivity (Wildman–Crippen MR) is 123 cm³/mol. The van der Waals surface area contributed by atoms with Crippen LogP contribution in [0.25, 0.3) is 0 Å². The van der Waals surface area contributed by atoms with Crippen molar-refractivity contribution in [2.24, 2.45) is 10.4 Å². The number of aromatic nitrogens is 3. The molecule has 2 fully saturated rings. The van der Waals surface area contributed by atoms with Crippen molar-refractivity contribution in [3.05, 3.63) is 11.9 Å². The molecule has 0 aromatic carbocycles. The first-order valence-electron chi connectivity index (χ1n) is 10.6. The smallest absolute Gasteiger partial charge is 0.327 e. The highest BCUT2D eigenvalue weighted by Gasteiger charge is 2.36. The van der Waals surface area contributed by atoms with E-state index in [0.717, 1.165) is 31.3 Å². The maximum atomic E-state index is 11.4. The summed E-state index contributed by atoms with van der Waals surface area (Å²) in [4.78, 5) is 18.6. The number of nitrogens with zero attached hydrogens (tertiary/aromatic N) is 5. The van der Waals surface area contributed by atoms with Crippen LogP contribution in [0.4, 0.5) is 0 Å². The minimum absolute atomic E-state index is 0. The van der Waals surface area contributed by atoms with Gasteiger partial charge in [-0.1, -0.05) is 30.9 Å². The van der Waals surface area contributed by atoms with Gasteiger partial charge in [-0.2, -0.15) is 0 Å². The first kappa shape index (κ1) is 23.9. The van der Waals surface area contributed by atoms with Crippen molar-refractivity contribution in [2.45, 2.75) is 71.4 Å². The molecule has 0 amide bonds. The summed E-state index contributed by atoms with van der Waals surface area (Å²) in [6, 6.07) is 0. The Morgan fingerprint density at radius 3 is 2.66 bits per heavy atom. The van der Waals surface area contributed by atoms with Gasteiger partial charge < -0.3 is 15.0 Å². The Labute approximate surface area is 190 Å². The van der Waals surface area contributed by atoms with Crippen LogP contribution in [0.1, 0.15) is 64.0 Å². The molecule has 0 atom stereocenters. The number of nitrogens with one attached hydrogen (secondary N) is 1. The summed E-state index contributed by atoms with van der Waals surface area (Å²) < 4.78 is 6.16. The molecule has 1 aliphatic carbocycles. The van der Waals surface area contributed by atoms with Crippen molar-refractivity contribution in [3.8, 4) is 0 Å². The minimum Gasteiger partial charge on any atom is -0.468 e. The molecule has 1 spiro atoms. The number of carbonyl (C=O) groups excluding carboxylic acids is 1. The molecule has 9 heteroatoms. The van der Waals surface area contributed by atoms with E-state index in [1.165, 1.54) is 63.2 Å². The molecular weight excluding hydrogens is 483 g/mol. The Bertz CT molecular complexity index is 670. The van der Waals surface area contributed by atoms with Gasteiger partial charge >= 0.3 is 5.97 Å². The summed E-state index contributed by atoms with van der Waals surface area (Å²) >= 11 is 0. The summed E-state index contributed by atoms with van der Waals surface area (Å²) in [6.07, 6.45) is 12.6. The lowest BCUT2D eigenvalue weighted by Crippen LogP contribution is -2.50. The lowest BCUT2D eigenvalue weighted by molar-refractivity contribution is -0.141. The maximum absolute atomic E-state index is 11.4. The number of halogens is 1. The highest BCUT2D eigenvalue weighted by Crippen LogP contribution is 2.42. The van der Waals surface area contributed by atoms with Crippen LogP contribution in [-0.4, -0.2) is 58.6 Å². The van der Waals surface area contributed by atoms with Gasteiger partial charge in [0.1, 0.15) is 12.2 Å². The molecule has 1 aliphatic heterocycles. The van der Waals surface area contributed by atoms with Gasteiger partial charge in [0.15, 0.2) is 5.96 Å². The van der Waals surface area contributed by atoms with Crippen LogP contribution in [0.15, 0.2) is 11.2 Å². The zero-order chi connectivity index (χ0) is 19.8. The Hall–Kier alpha value is -1.39. The van der Waals surface area contributed by atoms with E-state index in [1.807, 2.05) is 0 Å². The van der Waals surface area contributed by atoms with Crippen LogP contribution in [0.3, 0.4) is 0 Å². The van der Waals surface area contributed by atoms with E-state index in [4.69, 9.17) is 4.99 Å². The van der Waals surface area contributed by atoms with E-state index in [2.05, 4.69) is 32.2 Å². The van der Waals surface area contributed by atoms with Gasteiger partial charge in [-0.05, 0) is 38.0 Å². The number of ether oxygens (including phenoxy) is 1. The van der Waals surface area contributed by atoms with Crippen LogP contribution in [0.2, 0.25) is 0 Å². The van der Waals surface area contributed by atoms with Crippen LogP contribution < -0.4 is 5.32 Å². The SMILES string of the molecule is CCNC(=NCc1cn(CC(=O)OC)nn1)N1CCCC2(CCCCCC2)C1.I. The number of piperidine rings is 1. The van der Waals surface area contributed by atoms with E-state index in [9.17, 15) is 4.79 Å². The van der Waals surface area contributed by atoms with Crippen molar-refractivity contribution in [1.82, 2.24) is 25.2 Å². The first-order chi connectivity index (χ1) is 13.6. The number of guanidine groups is 1. The van der Waals surface area contributed by atoms with Gasteiger partial charge in [-0.3, -0.25) is 4.79 Å². The van der Waals surface area contributed by atoms with Crippen molar-refractivity contribution >= 4 is 35.9 Å². The molecule has 8 nitrogen and oxygen atoms in total. The van der Waals surface area contributed by atoms with Crippen molar-refractivity contribution in [1.29, 1.82) is 0 Å². The molecule has 1 N–H and O–H groups in total. The summed E-state index contributed by atoms with van der Waals surface area (Å²) in [6.45, 7) is 5.64. The van der Waals surface area contributed by atoms with E-state index in [1.54, 1.807) is 6.20 Å². The maximum Gasteiger partial charge on any atom is 0.327 e. The molecule has 1 saturated heterocycles. The van der Waals surface area contributed by atoms with Gasteiger partial charge in [-0.15, -0.1) is 29.1 Å². The van der Waals surface area contributed by atoms with Gasteiger partial charge in [-0.25, -0.2) is 9.67 Å². The van der Waals surface area contributed by atoms with Crippen LogP contribution in [0, 0.1) is 5.41 Å². The second-order valence-corrected chi connectivity index (χ2v) is 8.09. The van der Waals surface area contributed by atoms with Gasteiger partial charge in [0.05, 0.1) is 19.9 Å². The zero-order valence-electron chi connectivity index (χ0n) is 17.7. The summed E-state index contributed by atoms with van der Waals surface area (Å²) in [7, 11) is 1.37. The van der Waals surface area contributed by atoms with Crippen LogP contribution in [-0.2, 0) is 22.6 Å². The summed E-state index contributed by atoms with van der Waals surface area (Å²) in [5.41, 5.74) is 1.22. The Morgan fingerprint density at radius 2 is 1.97 bits per heavy atom. The zero-order valence-corrected chi connectivity index (χ0v) is 20.1. The molecule has 1 aromatic rings. The molecule has 1 saturated carbocycles. The van der Waals surface area contributed by atoms with Gasteiger partial charge in [0, 0.05) is 19.6 Å². The molecule has 1 aromatic heterocycles. The van der Waals surface area contributed by atoms with Crippen LogP contribution >= 0.6 is 24.0 Å². The minimum atomic E-state index is -0.338. The average molecular weight is 518 g/mol.